The number of nitrogens with two attached hydrogens (primary N) is 1. The first-order valence-corrected chi connectivity index (χ1v) is 6.31. The van der Waals surface area contributed by atoms with E-state index < -0.39 is 6.04 Å². The highest BCUT2D eigenvalue weighted by molar-refractivity contribution is 5.82. The third-order valence-electron chi connectivity index (χ3n) is 3.59. The molecule has 5 nitrogen and oxygen atoms in total. The number of rotatable bonds is 4. The molecule has 0 bridgehead atoms. The molecule has 1 aliphatic rings. The second kappa shape index (κ2) is 6.33. The van der Waals surface area contributed by atoms with Crippen molar-refractivity contribution >= 4 is 5.91 Å². The lowest BCUT2D eigenvalue weighted by Gasteiger charge is -2.33. The Morgan fingerprint density at radius 1 is 1.47 bits per heavy atom. The predicted octanol–water partition coefficient (Wildman–Crippen LogP) is 1.13. The van der Waals surface area contributed by atoms with Crippen LogP contribution in [0.1, 0.15) is 40.0 Å². The lowest BCUT2D eigenvalue weighted by molar-refractivity contribution is -0.294. The maximum Gasteiger partial charge on any atom is 0.237 e. The number of nitrogens with one attached hydrogen (secondary N) is 1. The quantitative estimate of drug-likeness (QED) is 0.511. The van der Waals surface area contributed by atoms with Gasteiger partial charge in [-0.25, -0.2) is 4.89 Å². The summed E-state index contributed by atoms with van der Waals surface area (Å²) in [5.74, 6) is 0.305. The molecule has 1 saturated carbocycles. The summed E-state index contributed by atoms with van der Waals surface area (Å²) in [5, 5.41) is 11.7. The van der Waals surface area contributed by atoms with Crippen LogP contribution in [0.5, 0.6) is 0 Å². The molecular formula is C12H24N2O3. The summed E-state index contributed by atoms with van der Waals surface area (Å²) >= 11 is 0. The minimum absolute atomic E-state index is 0.0828. The molecule has 0 saturated heterocycles. The lowest BCUT2D eigenvalue weighted by Crippen LogP contribution is -2.50. The van der Waals surface area contributed by atoms with Gasteiger partial charge in [0, 0.05) is 6.04 Å². The van der Waals surface area contributed by atoms with Gasteiger partial charge in [0.05, 0.1) is 12.1 Å². The van der Waals surface area contributed by atoms with Crippen LogP contribution in [0.25, 0.3) is 0 Å². The molecule has 4 atom stereocenters. The normalized spacial score (nSPS) is 31.3. The highest BCUT2D eigenvalue weighted by atomic mass is 17.1. The van der Waals surface area contributed by atoms with E-state index in [4.69, 9.17) is 11.0 Å². The molecule has 0 aromatic carbocycles. The fraction of sp³-hybridized carbons (Fsp3) is 0.917. The standard InChI is InChI=1S/C12H24N2O3/c1-7(2)11(13)12(15)14-9-4-5-10(17-16)8(3)6-9/h7-11,16H,4-6,13H2,1-3H3,(H,14,15)/t8-,9-,10+,11-/m1/s1. The molecule has 0 aromatic heterocycles. The van der Waals surface area contributed by atoms with E-state index in [-0.39, 0.29) is 29.9 Å². The molecule has 17 heavy (non-hydrogen) atoms. The van der Waals surface area contributed by atoms with E-state index in [1.165, 1.54) is 0 Å². The fourth-order valence-electron chi connectivity index (χ4n) is 2.26. The summed E-state index contributed by atoms with van der Waals surface area (Å²) in [4.78, 5) is 16.2. The second-order valence-corrected chi connectivity index (χ2v) is 5.41. The van der Waals surface area contributed by atoms with Crippen molar-refractivity contribution in [1.82, 2.24) is 5.32 Å². The summed E-state index contributed by atoms with van der Waals surface area (Å²) in [7, 11) is 0. The van der Waals surface area contributed by atoms with E-state index in [0.717, 1.165) is 19.3 Å². The van der Waals surface area contributed by atoms with Crippen molar-refractivity contribution in [1.29, 1.82) is 0 Å². The van der Waals surface area contributed by atoms with Crippen LogP contribution in [-0.4, -0.2) is 29.4 Å². The van der Waals surface area contributed by atoms with Crippen LogP contribution >= 0.6 is 0 Å². The largest absolute Gasteiger partial charge is 0.352 e. The van der Waals surface area contributed by atoms with Gasteiger partial charge in [-0.3, -0.25) is 10.1 Å². The number of hydrogen-bond acceptors (Lipinski definition) is 4. The molecule has 0 spiro atoms. The van der Waals surface area contributed by atoms with Crippen molar-refractivity contribution in [2.75, 3.05) is 0 Å². The monoisotopic (exact) mass is 244 g/mol. The van der Waals surface area contributed by atoms with Gasteiger partial charge in [-0.05, 0) is 31.1 Å². The van der Waals surface area contributed by atoms with E-state index >= 15 is 0 Å². The van der Waals surface area contributed by atoms with Gasteiger partial charge in [-0.15, -0.1) is 0 Å². The van der Waals surface area contributed by atoms with E-state index in [0.29, 0.717) is 0 Å². The maximum atomic E-state index is 11.8. The topological polar surface area (TPSA) is 84.6 Å². The van der Waals surface area contributed by atoms with Gasteiger partial charge >= 0.3 is 0 Å². The summed E-state index contributed by atoms with van der Waals surface area (Å²) in [6, 6.07) is -0.300. The summed E-state index contributed by atoms with van der Waals surface area (Å²) in [6.45, 7) is 5.88. The van der Waals surface area contributed by atoms with Gasteiger partial charge in [-0.2, -0.15) is 0 Å². The highest BCUT2D eigenvalue weighted by Gasteiger charge is 2.30. The van der Waals surface area contributed by atoms with E-state index in [1.54, 1.807) is 0 Å². The minimum Gasteiger partial charge on any atom is -0.352 e. The zero-order valence-corrected chi connectivity index (χ0v) is 10.8. The summed E-state index contributed by atoms with van der Waals surface area (Å²) in [5.41, 5.74) is 5.79. The fourth-order valence-corrected chi connectivity index (χ4v) is 2.26. The summed E-state index contributed by atoms with van der Waals surface area (Å²) < 4.78 is 0. The first-order valence-electron chi connectivity index (χ1n) is 6.31. The van der Waals surface area contributed by atoms with Gasteiger partial charge in [-0.1, -0.05) is 20.8 Å². The van der Waals surface area contributed by atoms with Gasteiger partial charge < -0.3 is 11.1 Å². The Morgan fingerprint density at radius 3 is 2.59 bits per heavy atom. The highest BCUT2D eigenvalue weighted by Crippen LogP contribution is 2.26. The van der Waals surface area contributed by atoms with Crippen molar-refractivity contribution < 1.29 is 14.9 Å². The molecule has 1 amide bonds. The van der Waals surface area contributed by atoms with Crippen molar-refractivity contribution in [2.24, 2.45) is 17.6 Å². The van der Waals surface area contributed by atoms with Gasteiger partial charge in [0.15, 0.2) is 0 Å². The molecule has 0 aliphatic heterocycles. The Bertz CT molecular complexity index is 258. The van der Waals surface area contributed by atoms with Crippen molar-refractivity contribution in [3.63, 3.8) is 0 Å². The van der Waals surface area contributed by atoms with Crippen molar-refractivity contribution in [2.45, 2.75) is 58.2 Å². The maximum absolute atomic E-state index is 11.8. The zero-order valence-electron chi connectivity index (χ0n) is 10.8. The van der Waals surface area contributed by atoms with Crippen LogP contribution in [0.3, 0.4) is 0 Å². The first-order chi connectivity index (χ1) is 7.95. The second-order valence-electron chi connectivity index (χ2n) is 5.41. The van der Waals surface area contributed by atoms with Crippen LogP contribution in [0.2, 0.25) is 0 Å². The van der Waals surface area contributed by atoms with Gasteiger partial charge in [0.2, 0.25) is 5.91 Å². The Hall–Kier alpha value is -0.650. The van der Waals surface area contributed by atoms with Gasteiger partial charge in [0.1, 0.15) is 0 Å². The Balaban J connectivity index is 2.41. The zero-order chi connectivity index (χ0) is 13.0. The molecular weight excluding hydrogens is 220 g/mol. The van der Waals surface area contributed by atoms with Crippen LogP contribution in [0, 0.1) is 11.8 Å². The van der Waals surface area contributed by atoms with E-state index in [9.17, 15) is 4.79 Å². The number of amides is 1. The van der Waals surface area contributed by atoms with Crippen LogP contribution in [0.15, 0.2) is 0 Å². The number of carbonyl (C=O) groups excluding carboxylic acids is 1. The SMILES string of the molecule is CC(C)[C@@H](N)C(=O)N[C@@H]1CC[C@H](OO)[C@H](C)C1. The molecule has 1 rings (SSSR count). The third-order valence-corrected chi connectivity index (χ3v) is 3.59. The minimum atomic E-state index is -0.447. The van der Waals surface area contributed by atoms with Crippen molar-refractivity contribution in [3.05, 3.63) is 0 Å². The van der Waals surface area contributed by atoms with Crippen LogP contribution in [0.4, 0.5) is 0 Å². The molecule has 1 aliphatic carbocycles. The molecule has 0 unspecified atom stereocenters. The first kappa shape index (κ1) is 14.4. The number of hydrogen-bond donors (Lipinski definition) is 3. The number of carbonyl (C=O) groups is 1. The average molecular weight is 244 g/mol. The smallest absolute Gasteiger partial charge is 0.237 e. The molecule has 1 fully saturated rings. The molecule has 4 N–H and O–H groups in total. The van der Waals surface area contributed by atoms with Crippen LogP contribution < -0.4 is 11.1 Å². The van der Waals surface area contributed by atoms with E-state index in [1.807, 2.05) is 20.8 Å². The molecule has 0 aromatic rings. The average Bonchev–Trinajstić information content (AvgIpc) is 2.28. The molecule has 5 heteroatoms. The lowest BCUT2D eigenvalue weighted by atomic mass is 9.84. The Kier molecular flexibility index (Phi) is 5.36. The Morgan fingerprint density at radius 2 is 2.12 bits per heavy atom. The molecule has 0 heterocycles. The predicted molar refractivity (Wildman–Crippen MR) is 65.3 cm³/mol. The summed E-state index contributed by atoms with van der Waals surface area (Å²) in [6.07, 6.45) is 2.30. The van der Waals surface area contributed by atoms with Gasteiger partial charge in [0.25, 0.3) is 0 Å². The van der Waals surface area contributed by atoms with Crippen LogP contribution in [-0.2, 0) is 9.68 Å². The van der Waals surface area contributed by atoms with Crippen molar-refractivity contribution in [3.8, 4) is 0 Å². The van der Waals surface area contributed by atoms with E-state index in [2.05, 4.69) is 10.2 Å². The Labute approximate surface area is 103 Å². The molecule has 100 valence electrons. The molecule has 0 radical (unpaired) electrons. The third kappa shape index (κ3) is 3.94.